The van der Waals surface area contributed by atoms with Gasteiger partial charge in [0.05, 0.1) is 4.34 Å². The fraction of sp³-hybridized carbons (Fsp3) is 0.333. The van der Waals surface area contributed by atoms with Crippen LogP contribution in [-0.2, 0) is 10.0 Å². The highest BCUT2D eigenvalue weighted by Gasteiger charge is 2.35. The van der Waals surface area contributed by atoms with E-state index in [0.717, 1.165) is 29.7 Å². The van der Waals surface area contributed by atoms with Gasteiger partial charge < -0.3 is 0 Å². The molecule has 3 nitrogen and oxygen atoms in total. The summed E-state index contributed by atoms with van der Waals surface area (Å²) in [7, 11) is -3.52. The molecule has 1 unspecified atom stereocenters. The smallest absolute Gasteiger partial charge is 0.206 e. The van der Waals surface area contributed by atoms with E-state index < -0.39 is 10.0 Å². The fourth-order valence-electron chi connectivity index (χ4n) is 2.31. The lowest BCUT2D eigenvalue weighted by atomic mass is 10.0. The van der Waals surface area contributed by atoms with Crippen LogP contribution >= 0.6 is 22.9 Å². The van der Waals surface area contributed by atoms with Crippen molar-refractivity contribution >= 4 is 33.0 Å². The molecule has 1 saturated carbocycles. The number of rotatable bonds is 5. The van der Waals surface area contributed by atoms with Crippen LogP contribution in [0.15, 0.2) is 40.6 Å². The molecule has 1 aromatic heterocycles. The van der Waals surface area contributed by atoms with Crippen molar-refractivity contribution < 1.29 is 8.42 Å². The number of thiophene rings is 1. The predicted molar refractivity (Wildman–Crippen MR) is 86.3 cm³/mol. The lowest BCUT2D eigenvalue weighted by Crippen LogP contribution is -2.29. The Hall–Kier alpha value is -0.880. The highest BCUT2D eigenvalue weighted by atomic mass is 35.5. The van der Waals surface area contributed by atoms with Gasteiger partial charge in [0.1, 0.15) is 4.21 Å². The first kappa shape index (κ1) is 15.0. The maximum absolute atomic E-state index is 12.5. The SMILES string of the molecule is Cc1ccc(C(NS(=O)(=O)c2ccc(Cl)s2)C2CC2)cc1. The summed E-state index contributed by atoms with van der Waals surface area (Å²) in [5, 5.41) is 0. The molecule has 1 aliphatic rings. The molecule has 1 fully saturated rings. The molecule has 1 aromatic carbocycles. The number of nitrogens with one attached hydrogen (secondary N) is 1. The molecule has 3 rings (SSSR count). The summed E-state index contributed by atoms with van der Waals surface area (Å²) in [6.07, 6.45) is 2.12. The highest BCUT2D eigenvalue weighted by molar-refractivity contribution is 7.91. The molecule has 2 aromatic rings. The Kier molecular flexibility index (Phi) is 4.10. The van der Waals surface area contributed by atoms with Crippen LogP contribution in [0.4, 0.5) is 0 Å². The molecule has 0 spiro atoms. The average Bonchev–Trinajstić information content (AvgIpc) is 3.18. The van der Waals surface area contributed by atoms with Crippen LogP contribution in [0.25, 0.3) is 0 Å². The third-order valence-corrected chi connectivity index (χ3v) is 6.79. The van der Waals surface area contributed by atoms with E-state index in [4.69, 9.17) is 11.6 Å². The van der Waals surface area contributed by atoms with Gasteiger partial charge in [-0.25, -0.2) is 13.1 Å². The Morgan fingerprint density at radius 1 is 1.19 bits per heavy atom. The zero-order valence-corrected chi connectivity index (χ0v) is 13.9. The lowest BCUT2D eigenvalue weighted by molar-refractivity contribution is 0.530. The molecule has 1 aliphatic carbocycles. The Morgan fingerprint density at radius 2 is 1.86 bits per heavy atom. The van der Waals surface area contributed by atoms with Crippen molar-refractivity contribution in [2.75, 3.05) is 0 Å². The Labute approximate surface area is 134 Å². The molecule has 6 heteroatoms. The van der Waals surface area contributed by atoms with Crippen LogP contribution in [-0.4, -0.2) is 8.42 Å². The average molecular weight is 342 g/mol. The number of halogens is 1. The normalized spacial score (nSPS) is 16.9. The number of hydrogen-bond donors (Lipinski definition) is 1. The van der Waals surface area contributed by atoms with Crippen LogP contribution in [0.5, 0.6) is 0 Å². The van der Waals surface area contributed by atoms with Crippen molar-refractivity contribution in [3.8, 4) is 0 Å². The molecule has 0 saturated heterocycles. The minimum absolute atomic E-state index is 0.156. The molecular formula is C15H16ClNO2S2. The zero-order valence-electron chi connectivity index (χ0n) is 11.5. The van der Waals surface area contributed by atoms with Crippen molar-refractivity contribution in [3.05, 3.63) is 51.9 Å². The third-order valence-electron chi connectivity index (χ3n) is 3.63. The van der Waals surface area contributed by atoms with Crippen molar-refractivity contribution in [2.24, 2.45) is 5.92 Å². The van der Waals surface area contributed by atoms with Crippen molar-refractivity contribution in [2.45, 2.75) is 30.0 Å². The standard InChI is InChI=1S/C15H16ClNO2S2/c1-10-2-4-11(5-3-10)15(12-6-7-12)17-21(18,19)14-9-8-13(16)20-14/h2-5,8-9,12,15,17H,6-7H2,1H3. The summed E-state index contributed by atoms with van der Waals surface area (Å²) in [5.41, 5.74) is 2.19. The van der Waals surface area contributed by atoms with Crippen LogP contribution < -0.4 is 4.72 Å². The van der Waals surface area contributed by atoms with Gasteiger partial charge in [-0.2, -0.15) is 0 Å². The fourth-order valence-corrected chi connectivity index (χ4v) is 5.10. The summed E-state index contributed by atoms with van der Waals surface area (Å²) in [6.45, 7) is 2.02. The van der Waals surface area contributed by atoms with E-state index in [1.54, 1.807) is 12.1 Å². The van der Waals surface area contributed by atoms with E-state index in [0.29, 0.717) is 10.3 Å². The summed E-state index contributed by atoms with van der Waals surface area (Å²) in [4.78, 5) is 0. The summed E-state index contributed by atoms with van der Waals surface area (Å²) in [5.74, 6) is 0.387. The van der Waals surface area contributed by atoms with E-state index in [-0.39, 0.29) is 10.3 Å². The topological polar surface area (TPSA) is 46.2 Å². The summed E-state index contributed by atoms with van der Waals surface area (Å²) >= 11 is 6.92. The van der Waals surface area contributed by atoms with E-state index in [1.165, 1.54) is 5.56 Å². The van der Waals surface area contributed by atoms with Crippen molar-refractivity contribution in [3.63, 3.8) is 0 Å². The second-order valence-corrected chi connectivity index (χ2v) is 9.06. The molecule has 1 atom stereocenters. The largest absolute Gasteiger partial charge is 0.250 e. The first-order valence-corrected chi connectivity index (χ1v) is 9.48. The quantitative estimate of drug-likeness (QED) is 0.888. The zero-order chi connectivity index (χ0) is 15.0. The van der Waals surface area contributed by atoms with Crippen molar-refractivity contribution in [1.82, 2.24) is 4.72 Å². The Balaban J connectivity index is 1.87. The first-order valence-electron chi connectivity index (χ1n) is 6.80. The third kappa shape index (κ3) is 3.48. The number of hydrogen-bond acceptors (Lipinski definition) is 3. The minimum Gasteiger partial charge on any atom is -0.206 e. The lowest BCUT2D eigenvalue weighted by Gasteiger charge is -2.18. The second kappa shape index (κ2) is 5.72. The second-order valence-electron chi connectivity index (χ2n) is 5.41. The van der Waals surface area contributed by atoms with E-state index in [1.807, 2.05) is 31.2 Å². The number of benzene rings is 1. The molecule has 21 heavy (non-hydrogen) atoms. The minimum atomic E-state index is -3.52. The van der Waals surface area contributed by atoms with Crippen molar-refractivity contribution in [1.29, 1.82) is 0 Å². The van der Waals surface area contributed by atoms with Gasteiger partial charge in [-0.05, 0) is 43.4 Å². The van der Waals surface area contributed by atoms with Gasteiger partial charge in [0, 0.05) is 6.04 Å². The monoisotopic (exact) mass is 341 g/mol. The number of aryl methyl sites for hydroxylation is 1. The summed E-state index contributed by atoms with van der Waals surface area (Å²) < 4.78 is 28.5. The van der Waals surface area contributed by atoms with Gasteiger partial charge in [-0.1, -0.05) is 41.4 Å². The predicted octanol–water partition coefficient (Wildman–Crippen LogP) is 4.14. The molecule has 112 valence electrons. The van der Waals surface area contributed by atoms with Crippen LogP contribution in [0, 0.1) is 12.8 Å². The van der Waals surface area contributed by atoms with Gasteiger partial charge in [0.15, 0.2) is 0 Å². The molecule has 0 radical (unpaired) electrons. The molecule has 0 amide bonds. The van der Waals surface area contributed by atoms with Gasteiger partial charge >= 0.3 is 0 Å². The van der Waals surface area contributed by atoms with Gasteiger partial charge in [0.25, 0.3) is 10.0 Å². The van der Waals surface area contributed by atoms with E-state index in [9.17, 15) is 8.42 Å². The molecular weight excluding hydrogens is 326 g/mol. The Bertz CT molecular complexity index is 733. The molecule has 1 heterocycles. The Morgan fingerprint density at radius 3 is 2.38 bits per heavy atom. The van der Waals surface area contributed by atoms with E-state index in [2.05, 4.69) is 4.72 Å². The van der Waals surface area contributed by atoms with Crippen LogP contribution in [0.2, 0.25) is 4.34 Å². The van der Waals surface area contributed by atoms with E-state index >= 15 is 0 Å². The molecule has 1 N–H and O–H groups in total. The van der Waals surface area contributed by atoms with Crippen LogP contribution in [0.1, 0.15) is 30.0 Å². The maximum atomic E-state index is 12.5. The maximum Gasteiger partial charge on any atom is 0.250 e. The van der Waals surface area contributed by atoms with Crippen LogP contribution in [0.3, 0.4) is 0 Å². The van der Waals surface area contributed by atoms with Gasteiger partial charge in [-0.3, -0.25) is 0 Å². The summed E-state index contributed by atoms with van der Waals surface area (Å²) in [6, 6.07) is 11.0. The van der Waals surface area contributed by atoms with Gasteiger partial charge in [-0.15, -0.1) is 11.3 Å². The molecule has 0 bridgehead atoms. The number of sulfonamides is 1. The highest BCUT2D eigenvalue weighted by Crippen LogP contribution is 2.42. The molecule has 0 aliphatic heterocycles. The first-order chi connectivity index (χ1) is 9.95. The van der Waals surface area contributed by atoms with Gasteiger partial charge in [0.2, 0.25) is 0 Å².